The fraction of sp³-hybridized carbons (Fsp3) is 0.600. The van der Waals surface area contributed by atoms with Crippen LogP contribution >= 0.6 is 0 Å². The second-order valence-electron chi connectivity index (χ2n) is 13.3. The molecular weight excluding hydrogens is 572 g/mol. The normalized spacial score (nSPS) is 20.4. The molecule has 0 saturated carbocycles. The van der Waals surface area contributed by atoms with Crippen molar-refractivity contribution < 1.29 is 18.0 Å². The summed E-state index contributed by atoms with van der Waals surface area (Å²) in [7, 11) is -3.71. The van der Waals surface area contributed by atoms with Gasteiger partial charge in [0.1, 0.15) is 11.6 Å². The van der Waals surface area contributed by atoms with Crippen LogP contribution in [-0.2, 0) is 19.4 Å². The summed E-state index contributed by atoms with van der Waals surface area (Å²) in [6.07, 6.45) is 9.94. The average molecular weight is 625 g/mol. The number of likely N-dealkylation sites (tertiary alicyclic amines) is 2. The molecule has 0 unspecified atom stereocenters. The molecule has 4 aliphatic rings. The summed E-state index contributed by atoms with van der Waals surface area (Å²) in [4.78, 5) is 28.1. The van der Waals surface area contributed by atoms with Gasteiger partial charge in [-0.2, -0.15) is 10.5 Å². The van der Waals surface area contributed by atoms with E-state index in [2.05, 4.69) is 43.6 Å². The monoisotopic (exact) mass is 624 g/mol. The van der Waals surface area contributed by atoms with Crippen LogP contribution < -0.4 is 0 Å². The Bertz CT molecular complexity index is 1410. The van der Waals surface area contributed by atoms with E-state index in [-0.39, 0.29) is 36.4 Å². The topological polar surface area (TPSA) is 122 Å². The maximum atomic E-state index is 11.9. The van der Waals surface area contributed by atoms with E-state index in [1.165, 1.54) is 48.9 Å². The van der Waals surface area contributed by atoms with Crippen molar-refractivity contribution in [2.24, 2.45) is 10.8 Å². The molecule has 2 fully saturated rings. The van der Waals surface area contributed by atoms with E-state index in [9.17, 15) is 18.0 Å². The van der Waals surface area contributed by atoms with Crippen molar-refractivity contribution in [1.29, 1.82) is 10.5 Å². The Kier molecular flexibility index (Phi) is 14.1. The minimum atomic E-state index is -3.71. The maximum Gasteiger partial charge on any atom is 0.269 e. The van der Waals surface area contributed by atoms with Crippen molar-refractivity contribution in [1.82, 2.24) is 9.80 Å². The molecule has 2 heterocycles. The van der Waals surface area contributed by atoms with Gasteiger partial charge in [0.25, 0.3) is 9.84 Å². The zero-order valence-corrected chi connectivity index (χ0v) is 26.5. The van der Waals surface area contributed by atoms with Gasteiger partial charge in [-0.15, -0.1) is 0 Å². The van der Waals surface area contributed by atoms with E-state index in [0.717, 1.165) is 50.3 Å². The largest absolute Gasteiger partial charge is 0.375 e. The van der Waals surface area contributed by atoms with Crippen LogP contribution in [0.25, 0.3) is 0 Å². The summed E-state index contributed by atoms with van der Waals surface area (Å²) >= 11 is 0. The lowest BCUT2D eigenvalue weighted by Gasteiger charge is -2.34. The number of thiocyanates is 1. The summed E-state index contributed by atoms with van der Waals surface area (Å²) in [6, 6.07) is 8.27. The first kappa shape index (κ1) is 38.6. The Morgan fingerprint density at radius 2 is 1.25 bits per heavy atom. The highest BCUT2D eigenvalue weighted by Gasteiger charge is 2.36. The summed E-state index contributed by atoms with van der Waals surface area (Å²) in [6.45, 7) is 14.7. The molecule has 2 aliphatic carbocycles. The second-order valence-corrected chi connectivity index (χ2v) is 15.0. The van der Waals surface area contributed by atoms with Crippen molar-refractivity contribution in [2.75, 3.05) is 26.2 Å². The standard InChI is InChI=1S/C13H18N2O.C12H19NO.C8H7NO2S.2CH4/c1-13(2)7-11(15-5-3-4-6-15)10(9-14)12(16)8-13;1-12(2)8-10(7-11(14)9-12)13-5-3-4-6-13;1-7-2-4-8(5-3-7)12(10,11)6-9;;/h3-8H2,1-2H3;7H,3-6,8-9H2,1-2H3;2-5H,1H3;2*1H4. The molecular formula is C35H52N4O4S. The minimum absolute atomic E-state index is 0. The number of carbonyl (C=O) groups is 2. The van der Waals surface area contributed by atoms with Gasteiger partial charge in [-0.3, -0.25) is 9.59 Å². The van der Waals surface area contributed by atoms with Gasteiger partial charge in [0, 0.05) is 56.5 Å². The van der Waals surface area contributed by atoms with Gasteiger partial charge >= 0.3 is 0 Å². The van der Waals surface area contributed by atoms with Crippen LogP contribution in [0.3, 0.4) is 0 Å². The van der Waals surface area contributed by atoms with E-state index in [1.807, 2.05) is 13.0 Å². The third-order valence-corrected chi connectivity index (χ3v) is 9.19. The molecule has 2 aliphatic heterocycles. The van der Waals surface area contributed by atoms with Crippen molar-refractivity contribution >= 4 is 21.4 Å². The molecule has 0 spiro atoms. The number of allylic oxidation sites excluding steroid dienone is 4. The molecule has 0 atom stereocenters. The lowest BCUT2D eigenvalue weighted by atomic mass is 9.76. The van der Waals surface area contributed by atoms with E-state index in [0.29, 0.717) is 24.2 Å². The highest BCUT2D eigenvalue weighted by Crippen LogP contribution is 2.39. The number of Topliss-reactive ketones (excluding diaryl/α,β-unsaturated/α-hetero) is 1. The third-order valence-electron chi connectivity index (χ3n) is 8.06. The van der Waals surface area contributed by atoms with Crippen LogP contribution in [0, 0.1) is 39.7 Å². The van der Waals surface area contributed by atoms with Crippen LogP contribution in [0.1, 0.15) is 99.5 Å². The van der Waals surface area contributed by atoms with Crippen LogP contribution in [0.2, 0.25) is 0 Å². The van der Waals surface area contributed by atoms with Crippen molar-refractivity contribution in [3.05, 3.63) is 52.9 Å². The fourth-order valence-electron chi connectivity index (χ4n) is 5.96. The third kappa shape index (κ3) is 10.6. The molecule has 0 aromatic heterocycles. The lowest BCUT2D eigenvalue weighted by molar-refractivity contribution is -0.118. The van der Waals surface area contributed by atoms with Gasteiger partial charge in [-0.1, -0.05) is 60.2 Å². The Morgan fingerprint density at radius 1 is 0.750 bits per heavy atom. The number of nitrogens with zero attached hydrogens (tertiary/aromatic N) is 4. The van der Waals surface area contributed by atoms with Gasteiger partial charge in [-0.05, 0) is 68.4 Å². The van der Waals surface area contributed by atoms with Crippen LogP contribution in [0.4, 0.5) is 0 Å². The Balaban J connectivity index is 0.000000326. The van der Waals surface area contributed by atoms with E-state index in [4.69, 9.17) is 10.5 Å². The van der Waals surface area contributed by atoms with Crippen molar-refractivity contribution in [3.63, 3.8) is 0 Å². The fourth-order valence-corrected chi connectivity index (χ4v) is 6.56. The Morgan fingerprint density at radius 3 is 1.73 bits per heavy atom. The number of ketones is 2. The SMILES string of the molecule is C.C.CC1(C)CC(=O)C(C#N)=C(N2CCCC2)C1.CC1(C)CC(=O)C=C(N2CCCC2)C1.Cc1ccc(S(=O)(=O)C#N)cc1. The van der Waals surface area contributed by atoms with Crippen LogP contribution in [0.15, 0.2) is 52.2 Å². The van der Waals surface area contributed by atoms with Crippen molar-refractivity contribution in [2.45, 2.75) is 106 Å². The first-order valence-electron chi connectivity index (χ1n) is 14.8. The number of benzene rings is 1. The van der Waals surface area contributed by atoms with E-state index in [1.54, 1.807) is 12.1 Å². The number of rotatable bonds is 3. The van der Waals surface area contributed by atoms with Gasteiger partial charge in [0.05, 0.1) is 4.90 Å². The molecule has 0 N–H and O–H groups in total. The summed E-state index contributed by atoms with van der Waals surface area (Å²) in [5.41, 5.74) is 3.84. The molecule has 44 heavy (non-hydrogen) atoms. The summed E-state index contributed by atoms with van der Waals surface area (Å²) in [5.74, 6) is 0.337. The number of carbonyl (C=O) groups excluding carboxylic acids is 2. The summed E-state index contributed by atoms with van der Waals surface area (Å²) < 4.78 is 21.9. The Labute approximate surface area is 266 Å². The maximum absolute atomic E-state index is 11.9. The predicted octanol–water partition coefficient (Wildman–Crippen LogP) is 7.13. The van der Waals surface area contributed by atoms with E-state index >= 15 is 0 Å². The molecule has 0 amide bonds. The molecule has 2 saturated heterocycles. The first-order valence-corrected chi connectivity index (χ1v) is 16.3. The van der Waals surface area contributed by atoms with Gasteiger partial charge in [0.2, 0.25) is 0 Å². The zero-order chi connectivity index (χ0) is 31.1. The average Bonchev–Trinajstić information content (AvgIpc) is 3.63. The molecule has 242 valence electrons. The summed E-state index contributed by atoms with van der Waals surface area (Å²) in [5, 5.41) is 18.6. The molecule has 1 aromatic carbocycles. The second kappa shape index (κ2) is 16.0. The number of sulfone groups is 1. The smallest absolute Gasteiger partial charge is 0.269 e. The highest BCUT2D eigenvalue weighted by molar-refractivity contribution is 7.95. The van der Waals surface area contributed by atoms with Gasteiger partial charge in [0.15, 0.2) is 17.0 Å². The molecule has 1 aromatic rings. The van der Waals surface area contributed by atoms with Crippen LogP contribution in [0.5, 0.6) is 0 Å². The van der Waals surface area contributed by atoms with Gasteiger partial charge in [-0.25, -0.2) is 8.42 Å². The number of hydrogen-bond donors (Lipinski definition) is 0. The van der Waals surface area contributed by atoms with Crippen LogP contribution in [-0.4, -0.2) is 56.0 Å². The molecule has 8 nitrogen and oxygen atoms in total. The number of aryl methyl sites for hydroxylation is 1. The van der Waals surface area contributed by atoms with E-state index < -0.39 is 9.84 Å². The first-order chi connectivity index (χ1) is 19.7. The quantitative estimate of drug-likeness (QED) is 0.257. The number of nitriles is 2. The number of hydrogen-bond acceptors (Lipinski definition) is 8. The lowest BCUT2D eigenvalue weighted by Crippen LogP contribution is -2.32. The molecule has 5 rings (SSSR count). The molecule has 0 bridgehead atoms. The van der Waals surface area contributed by atoms with Crippen molar-refractivity contribution in [3.8, 4) is 11.5 Å². The van der Waals surface area contributed by atoms with Gasteiger partial charge < -0.3 is 9.80 Å². The molecule has 0 radical (unpaired) electrons. The molecule has 9 heteroatoms. The minimum Gasteiger partial charge on any atom is -0.375 e. The Hall–Kier alpha value is -3.43. The predicted molar refractivity (Wildman–Crippen MR) is 176 cm³/mol. The zero-order valence-electron chi connectivity index (χ0n) is 25.7. The highest BCUT2D eigenvalue weighted by atomic mass is 32.2.